The molecule has 2 N–H and O–H groups in total. The lowest BCUT2D eigenvalue weighted by Crippen LogP contribution is -2.48. The number of likely N-dealkylation sites (N-methyl/N-ethyl adjacent to an activating group) is 1. The Labute approximate surface area is 173 Å². The molecule has 1 aliphatic rings. The number of hydroxylamine groups is 1. The van der Waals surface area contributed by atoms with Crippen molar-refractivity contribution in [2.24, 2.45) is 0 Å². The second-order valence-corrected chi connectivity index (χ2v) is 7.19. The van der Waals surface area contributed by atoms with Crippen molar-refractivity contribution < 1.29 is 18.0 Å². The molecule has 0 saturated heterocycles. The van der Waals surface area contributed by atoms with E-state index in [1.165, 1.54) is 12.1 Å². The fraction of sp³-hybridized carbons (Fsp3) is 0.333. The van der Waals surface area contributed by atoms with Crippen LogP contribution in [-0.2, 0) is 23.0 Å². The largest absolute Gasteiger partial charge is 0.416 e. The van der Waals surface area contributed by atoms with E-state index in [-0.39, 0.29) is 12.2 Å². The number of rotatable bonds is 6. The summed E-state index contributed by atoms with van der Waals surface area (Å²) in [5.41, 5.74) is 3.19. The number of thiocarbonyl (C=S) groups is 1. The first-order chi connectivity index (χ1) is 13.9. The Balaban J connectivity index is 1.84. The average molecular weight is 421 g/mol. The quantitative estimate of drug-likeness (QED) is 0.524. The Kier molecular flexibility index (Phi) is 6.54. The summed E-state index contributed by atoms with van der Waals surface area (Å²) in [6.07, 6.45) is 3.46. The van der Waals surface area contributed by atoms with Gasteiger partial charge in [-0.1, -0.05) is 42.6 Å². The third-order valence-electron chi connectivity index (χ3n) is 5.07. The number of nitrogens with zero attached hydrogens (tertiary/aromatic N) is 1. The molecule has 0 spiro atoms. The first kappa shape index (κ1) is 21.3. The topological polar surface area (TPSA) is 46.2 Å². The fourth-order valence-electron chi connectivity index (χ4n) is 3.66. The fourth-order valence-corrected chi connectivity index (χ4v) is 3.99. The number of benzene rings is 1. The molecule has 154 valence electrons. The van der Waals surface area contributed by atoms with Crippen LogP contribution in [0.4, 0.5) is 13.2 Å². The summed E-state index contributed by atoms with van der Waals surface area (Å²) in [7, 11) is 1.76. The van der Waals surface area contributed by atoms with Gasteiger partial charge in [0.25, 0.3) is 0 Å². The van der Waals surface area contributed by atoms with Gasteiger partial charge in [0, 0.05) is 19.4 Å². The van der Waals surface area contributed by atoms with Gasteiger partial charge in [0.1, 0.15) is 6.61 Å². The maximum absolute atomic E-state index is 13.2. The highest BCUT2D eigenvalue weighted by Gasteiger charge is 2.42. The number of alkyl halides is 3. The minimum atomic E-state index is -4.43. The zero-order chi connectivity index (χ0) is 20.9. The van der Waals surface area contributed by atoms with E-state index >= 15 is 0 Å². The van der Waals surface area contributed by atoms with Crippen LogP contribution in [0.3, 0.4) is 0 Å². The summed E-state index contributed by atoms with van der Waals surface area (Å²) >= 11 is 5.64. The van der Waals surface area contributed by atoms with Crippen LogP contribution in [0.1, 0.15) is 36.0 Å². The third-order valence-corrected chi connectivity index (χ3v) is 5.62. The average Bonchev–Trinajstić information content (AvgIpc) is 2.74. The maximum atomic E-state index is 13.2. The second kappa shape index (κ2) is 8.92. The molecule has 1 aromatic carbocycles. The van der Waals surface area contributed by atoms with Crippen molar-refractivity contribution in [2.45, 2.75) is 37.5 Å². The van der Waals surface area contributed by atoms with Gasteiger partial charge < -0.3 is 5.32 Å². The van der Waals surface area contributed by atoms with Crippen molar-refractivity contribution in [3.05, 3.63) is 77.3 Å². The lowest BCUT2D eigenvalue weighted by Gasteiger charge is -2.39. The minimum Gasteiger partial charge on any atom is -0.382 e. The summed E-state index contributed by atoms with van der Waals surface area (Å²) < 4.78 is 39.6. The normalized spacial score (nSPS) is 19.4. The van der Waals surface area contributed by atoms with Crippen LogP contribution in [0.25, 0.3) is 0 Å². The molecule has 8 heteroatoms. The Morgan fingerprint density at radius 1 is 1.24 bits per heavy atom. The van der Waals surface area contributed by atoms with Crippen LogP contribution in [-0.4, -0.2) is 17.0 Å². The molecule has 1 aliphatic carbocycles. The van der Waals surface area contributed by atoms with E-state index in [1.807, 2.05) is 18.2 Å². The van der Waals surface area contributed by atoms with E-state index < -0.39 is 17.2 Å². The number of pyridine rings is 1. The van der Waals surface area contributed by atoms with E-state index in [9.17, 15) is 13.2 Å². The molecule has 0 fully saturated rings. The second-order valence-electron chi connectivity index (χ2n) is 6.78. The molecule has 4 nitrogen and oxygen atoms in total. The number of hydrogen-bond acceptors (Lipinski definition) is 4. The summed E-state index contributed by atoms with van der Waals surface area (Å²) in [6.45, 7) is -0.234. The molecule has 1 heterocycles. The first-order valence-electron chi connectivity index (χ1n) is 9.26. The summed E-state index contributed by atoms with van der Waals surface area (Å²) in [6, 6.07) is 9.16. The lowest BCUT2D eigenvalue weighted by atomic mass is 9.71. The minimum absolute atomic E-state index is 0.0621. The van der Waals surface area contributed by atoms with Crippen molar-refractivity contribution in [2.75, 3.05) is 7.05 Å². The van der Waals surface area contributed by atoms with Crippen LogP contribution in [0.5, 0.6) is 0 Å². The smallest absolute Gasteiger partial charge is 0.382 e. The first-order valence-corrected chi connectivity index (χ1v) is 9.66. The molecule has 0 bridgehead atoms. The zero-order valence-corrected chi connectivity index (χ0v) is 16.7. The van der Waals surface area contributed by atoms with Crippen molar-refractivity contribution in [1.82, 2.24) is 15.8 Å². The lowest BCUT2D eigenvalue weighted by molar-refractivity contribution is -0.139. The van der Waals surface area contributed by atoms with E-state index in [0.29, 0.717) is 10.7 Å². The van der Waals surface area contributed by atoms with Crippen molar-refractivity contribution in [3.63, 3.8) is 0 Å². The SMILES string of the molecule is CNC(=S)C1(c2cccnc2)CCCC=C1NOCc1ccccc1C(F)(F)F. The Morgan fingerprint density at radius 3 is 2.72 bits per heavy atom. The molecule has 0 amide bonds. The van der Waals surface area contributed by atoms with Crippen LogP contribution >= 0.6 is 12.2 Å². The van der Waals surface area contributed by atoms with Gasteiger partial charge in [0.05, 0.1) is 21.7 Å². The molecule has 0 radical (unpaired) electrons. The summed E-state index contributed by atoms with van der Waals surface area (Å²) in [5.74, 6) is 0. The molecular formula is C21H22F3N3OS. The van der Waals surface area contributed by atoms with Crippen molar-refractivity contribution in [1.29, 1.82) is 0 Å². The molecule has 1 aromatic heterocycles. The molecule has 2 aromatic rings. The summed E-state index contributed by atoms with van der Waals surface area (Å²) in [5, 5.41) is 3.06. The van der Waals surface area contributed by atoms with Gasteiger partial charge >= 0.3 is 6.18 Å². The van der Waals surface area contributed by atoms with E-state index in [4.69, 9.17) is 17.1 Å². The number of nitrogens with one attached hydrogen (secondary N) is 2. The van der Waals surface area contributed by atoms with Gasteiger partial charge in [-0.25, -0.2) is 0 Å². The van der Waals surface area contributed by atoms with Crippen LogP contribution < -0.4 is 10.8 Å². The predicted octanol–water partition coefficient (Wildman–Crippen LogP) is 4.67. The molecular weight excluding hydrogens is 399 g/mol. The van der Waals surface area contributed by atoms with Gasteiger partial charge in [-0.05, 0) is 42.5 Å². The molecule has 1 unspecified atom stereocenters. The molecule has 29 heavy (non-hydrogen) atoms. The standard InChI is InChI=1S/C21H22F3N3OS/c1-25-19(29)20(16-8-6-12-26-13-16)11-5-4-10-18(20)27-28-14-15-7-2-3-9-17(15)21(22,23)24/h2-3,6-10,12-13,27H,4-5,11,14H2,1H3,(H,25,29). The molecule has 1 atom stereocenters. The summed E-state index contributed by atoms with van der Waals surface area (Å²) in [4.78, 5) is 10.4. The van der Waals surface area contributed by atoms with Gasteiger partial charge in [0.2, 0.25) is 0 Å². The van der Waals surface area contributed by atoms with Crippen LogP contribution in [0.2, 0.25) is 0 Å². The molecule has 0 saturated carbocycles. The van der Waals surface area contributed by atoms with E-state index in [1.54, 1.807) is 25.5 Å². The number of aromatic nitrogens is 1. The van der Waals surface area contributed by atoms with Gasteiger partial charge in [-0.3, -0.25) is 15.3 Å². The third kappa shape index (κ3) is 4.43. The number of hydrogen-bond donors (Lipinski definition) is 2. The highest BCUT2D eigenvalue weighted by atomic mass is 32.1. The Bertz CT molecular complexity index is 886. The number of allylic oxidation sites excluding steroid dienone is 1. The maximum Gasteiger partial charge on any atom is 0.416 e. The Hall–Kier alpha value is -2.45. The van der Waals surface area contributed by atoms with Crippen LogP contribution in [0.15, 0.2) is 60.6 Å². The highest BCUT2D eigenvalue weighted by Crippen LogP contribution is 2.40. The zero-order valence-electron chi connectivity index (χ0n) is 15.9. The predicted molar refractivity (Wildman–Crippen MR) is 109 cm³/mol. The number of halogens is 3. The van der Waals surface area contributed by atoms with E-state index in [2.05, 4.69) is 15.8 Å². The van der Waals surface area contributed by atoms with Gasteiger partial charge in [-0.15, -0.1) is 0 Å². The van der Waals surface area contributed by atoms with Gasteiger partial charge in [0.15, 0.2) is 0 Å². The molecule has 3 rings (SSSR count). The van der Waals surface area contributed by atoms with E-state index in [0.717, 1.165) is 30.9 Å². The van der Waals surface area contributed by atoms with Crippen molar-refractivity contribution >= 4 is 17.2 Å². The van der Waals surface area contributed by atoms with Crippen LogP contribution in [0, 0.1) is 0 Å². The van der Waals surface area contributed by atoms with Crippen molar-refractivity contribution in [3.8, 4) is 0 Å². The Morgan fingerprint density at radius 2 is 2.03 bits per heavy atom. The highest BCUT2D eigenvalue weighted by molar-refractivity contribution is 7.80. The monoisotopic (exact) mass is 421 g/mol. The van der Waals surface area contributed by atoms with Gasteiger partial charge in [-0.2, -0.15) is 13.2 Å². The molecule has 0 aliphatic heterocycles.